The van der Waals surface area contributed by atoms with Gasteiger partial charge in [-0.2, -0.15) is 5.10 Å². The third-order valence-corrected chi connectivity index (χ3v) is 4.79. The molecule has 4 aromatic rings. The van der Waals surface area contributed by atoms with Gasteiger partial charge >= 0.3 is 0 Å². The Labute approximate surface area is 165 Å². The van der Waals surface area contributed by atoms with Crippen LogP contribution in [0.5, 0.6) is 0 Å². The number of rotatable bonds is 3. The predicted molar refractivity (Wildman–Crippen MR) is 108 cm³/mol. The average Bonchev–Trinajstić information content (AvgIpc) is 3.10. The number of fused-ring (bicyclic) bond motifs is 1. The van der Waals surface area contributed by atoms with Gasteiger partial charge in [0.05, 0.1) is 38.7 Å². The van der Waals surface area contributed by atoms with Crippen molar-refractivity contribution in [2.45, 2.75) is 0 Å². The smallest absolute Gasteiger partial charge is 0.256 e. The van der Waals surface area contributed by atoms with E-state index in [4.69, 9.17) is 23.2 Å². The van der Waals surface area contributed by atoms with Crippen molar-refractivity contribution in [3.05, 3.63) is 76.5 Å². The number of nitrogens with one attached hydrogen (secondary N) is 1. The van der Waals surface area contributed by atoms with Gasteiger partial charge in [-0.1, -0.05) is 47.5 Å². The molecular formula is C20H14Cl2N4O. The number of aryl methyl sites for hydroxylation is 1. The zero-order chi connectivity index (χ0) is 19.0. The number of pyridine rings is 1. The second-order valence-corrected chi connectivity index (χ2v) is 6.84. The average molecular weight is 397 g/mol. The number of amides is 1. The first kappa shape index (κ1) is 17.5. The molecule has 1 amide bonds. The maximum absolute atomic E-state index is 13.0. The second kappa shape index (κ2) is 7.02. The van der Waals surface area contributed by atoms with Gasteiger partial charge < -0.3 is 5.32 Å². The Kier molecular flexibility index (Phi) is 4.56. The van der Waals surface area contributed by atoms with E-state index in [1.54, 1.807) is 35.1 Å². The lowest BCUT2D eigenvalue weighted by Gasteiger charge is -2.12. The summed E-state index contributed by atoms with van der Waals surface area (Å²) >= 11 is 12.4. The highest BCUT2D eigenvalue weighted by Crippen LogP contribution is 2.31. The van der Waals surface area contributed by atoms with Gasteiger partial charge in [-0.05, 0) is 24.3 Å². The SMILES string of the molecule is Cn1cc(-c2cc(C(=O)Nc3c(Cl)cccc3Cl)c3ccccc3n2)cn1. The normalized spacial score (nSPS) is 10.9. The van der Waals surface area contributed by atoms with Gasteiger partial charge in [0.15, 0.2) is 0 Å². The number of anilines is 1. The van der Waals surface area contributed by atoms with Crippen LogP contribution in [0.4, 0.5) is 5.69 Å². The van der Waals surface area contributed by atoms with Crippen molar-refractivity contribution in [2.24, 2.45) is 7.05 Å². The van der Waals surface area contributed by atoms with Crippen molar-refractivity contribution in [3.63, 3.8) is 0 Å². The number of carbonyl (C=O) groups excluding carboxylic acids is 1. The molecule has 2 aromatic carbocycles. The Morgan fingerprint density at radius 2 is 1.81 bits per heavy atom. The molecule has 0 atom stereocenters. The van der Waals surface area contributed by atoms with Gasteiger partial charge in [0.1, 0.15) is 0 Å². The Morgan fingerprint density at radius 1 is 1.07 bits per heavy atom. The van der Waals surface area contributed by atoms with E-state index in [9.17, 15) is 4.79 Å². The summed E-state index contributed by atoms with van der Waals surface area (Å²) in [5.41, 5.74) is 3.07. The fraction of sp³-hybridized carbons (Fsp3) is 0.0500. The Balaban J connectivity index is 1.83. The largest absolute Gasteiger partial charge is 0.319 e. The van der Waals surface area contributed by atoms with Crippen molar-refractivity contribution >= 4 is 45.7 Å². The van der Waals surface area contributed by atoms with Crippen molar-refractivity contribution in [1.82, 2.24) is 14.8 Å². The van der Waals surface area contributed by atoms with Crippen LogP contribution in [-0.2, 0) is 7.05 Å². The first-order valence-electron chi connectivity index (χ1n) is 8.17. The highest BCUT2D eigenvalue weighted by molar-refractivity contribution is 6.40. The molecule has 27 heavy (non-hydrogen) atoms. The van der Waals surface area contributed by atoms with Gasteiger partial charge in [-0.3, -0.25) is 9.48 Å². The Hall–Kier alpha value is -2.89. The lowest BCUT2D eigenvalue weighted by Crippen LogP contribution is -2.13. The van der Waals surface area contributed by atoms with Crippen LogP contribution in [0.15, 0.2) is 60.9 Å². The molecule has 0 unspecified atom stereocenters. The molecule has 2 aromatic heterocycles. The summed E-state index contributed by atoms with van der Waals surface area (Å²) in [4.78, 5) is 17.7. The van der Waals surface area contributed by atoms with Crippen molar-refractivity contribution in [3.8, 4) is 11.3 Å². The minimum absolute atomic E-state index is 0.311. The molecule has 134 valence electrons. The molecule has 0 saturated carbocycles. The van der Waals surface area contributed by atoms with Crippen molar-refractivity contribution < 1.29 is 4.79 Å². The second-order valence-electron chi connectivity index (χ2n) is 6.03. The van der Waals surface area contributed by atoms with Crippen molar-refractivity contribution in [2.75, 3.05) is 5.32 Å². The highest BCUT2D eigenvalue weighted by Gasteiger charge is 2.17. The minimum atomic E-state index is -0.311. The van der Waals surface area contributed by atoms with Gasteiger partial charge in [-0.25, -0.2) is 4.98 Å². The lowest BCUT2D eigenvalue weighted by molar-refractivity contribution is 0.102. The number of benzene rings is 2. The number of halogens is 2. The molecule has 0 spiro atoms. The Bertz CT molecular complexity index is 1150. The van der Waals surface area contributed by atoms with Gasteiger partial charge in [0.2, 0.25) is 0 Å². The van der Waals surface area contributed by atoms with Crippen LogP contribution in [0.25, 0.3) is 22.2 Å². The molecular weight excluding hydrogens is 383 g/mol. The highest BCUT2D eigenvalue weighted by atomic mass is 35.5. The topological polar surface area (TPSA) is 59.8 Å². The molecule has 4 rings (SSSR count). The molecule has 2 heterocycles. The number of aromatic nitrogens is 3. The van der Waals surface area contributed by atoms with Gasteiger partial charge in [0.25, 0.3) is 5.91 Å². The number of hydrogen-bond acceptors (Lipinski definition) is 3. The van der Waals surface area contributed by atoms with Gasteiger partial charge in [0, 0.05) is 24.2 Å². The number of hydrogen-bond donors (Lipinski definition) is 1. The van der Waals surface area contributed by atoms with Crippen LogP contribution >= 0.6 is 23.2 Å². The monoisotopic (exact) mass is 396 g/mol. The van der Waals surface area contributed by atoms with Crippen LogP contribution in [0.2, 0.25) is 10.0 Å². The molecule has 0 bridgehead atoms. The summed E-state index contributed by atoms with van der Waals surface area (Å²) < 4.78 is 1.69. The van der Waals surface area contributed by atoms with E-state index in [-0.39, 0.29) is 5.91 Å². The van der Waals surface area contributed by atoms with Crippen molar-refractivity contribution in [1.29, 1.82) is 0 Å². The molecule has 0 aliphatic rings. The first-order valence-corrected chi connectivity index (χ1v) is 8.92. The van der Waals surface area contributed by atoms with E-state index >= 15 is 0 Å². The predicted octanol–water partition coefficient (Wildman–Crippen LogP) is 5.19. The summed E-state index contributed by atoms with van der Waals surface area (Å²) in [6.07, 6.45) is 3.56. The van der Waals surface area contributed by atoms with E-state index in [1.165, 1.54) is 0 Å². The van der Waals surface area contributed by atoms with Crippen LogP contribution in [-0.4, -0.2) is 20.7 Å². The molecule has 1 N–H and O–H groups in total. The zero-order valence-electron chi connectivity index (χ0n) is 14.3. The number of para-hydroxylation sites is 2. The van der Waals surface area contributed by atoms with Crippen LogP contribution in [0, 0.1) is 0 Å². The molecule has 0 saturated heterocycles. The summed E-state index contributed by atoms with van der Waals surface area (Å²) in [5, 5.41) is 8.49. The first-order chi connectivity index (χ1) is 13.0. The van der Waals surface area contributed by atoms with Crippen LogP contribution < -0.4 is 5.32 Å². The standard InChI is InChI=1S/C20H14Cl2N4O/c1-26-11-12(10-23-26)18-9-14(13-5-2-3-8-17(13)24-18)20(27)25-19-15(21)6-4-7-16(19)22/h2-11H,1H3,(H,25,27). The lowest BCUT2D eigenvalue weighted by atomic mass is 10.0. The minimum Gasteiger partial charge on any atom is -0.319 e. The maximum Gasteiger partial charge on any atom is 0.256 e. The van der Waals surface area contributed by atoms with E-state index in [0.29, 0.717) is 32.5 Å². The van der Waals surface area contributed by atoms with E-state index in [1.807, 2.05) is 37.5 Å². The summed E-state index contributed by atoms with van der Waals surface area (Å²) in [5.74, 6) is -0.311. The number of carbonyl (C=O) groups is 1. The molecule has 0 aliphatic heterocycles. The quantitative estimate of drug-likeness (QED) is 0.517. The molecule has 5 nitrogen and oxygen atoms in total. The third-order valence-electron chi connectivity index (χ3n) is 4.16. The summed E-state index contributed by atoms with van der Waals surface area (Å²) in [6, 6.07) is 14.3. The van der Waals surface area contributed by atoms with E-state index in [2.05, 4.69) is 15.4 Å². The molecule has 0 radical (unpaired) electrons. The van der Waals surface area contributed by atoms with E-state index < -0.39 is 0 Å². The summed E-state index contributed by atoms with van der Waals surface area (Å²) in [7, 11) is 1.83. The number of nitrogens with zero attached hydrogens (tertiary/aromatic N) is 3. The van der Waals surface area contributed by atoms with Crippen LogP contribution in [0.3, 0.4) is 0 Å². The Morgan fingerprint density at radius 3 is 2.52 bits per heavy atom. The fourth-order valence-electron chi connectivity index (χ4n) is 2.86. The van der Waals surface area contributed by atoms with E-state index in [0.717, 1.165) is 10.9 Å². The van der Waals surface area contributed by atoms with Crippen LogP contribution in [0.1, 0.15) is 10.4 Å². The fourth-order valence-corrected chi connectivity index (χ4v) is 3.35. The summed E-state index contributed by atoms with van der Waals surface area (Å²) in [6.45, 7) is 0. The van der Waals surface area contributed by atoms with Gasteiger partial charge in [-0.15, -0.1) is 0 Å². The zero-order valence-corrected chi connectivity index (χ0v) is 15.8. The maximum atomic E-state index is 13.0. The third kappa shape index (κ3) is 3.39. The molecule has 0 aliphatic carbocycles. The molecule has 7 heteroatoms. The molecule has 0 fully saturated rings.